The van der Waals surface area contributed by atoms with E-state index in [1.165, 1.54) is 5.69 Å². The highest BCUT2D eigenvalue weighted by Crippen LogP contribution is 2.10. The predicted molar refractivity (Wildman–Crippen MR) is 87.9 cm³/mol. The van der Waals surface area contributed by atoms with E-state index in [0.29, 0.717) is 5.82 Å². The normalized spacial score (nSPS) is 12.2. The highest BCUT2D eigenvalue weighted by atomic mass is 16.2. The molecular weight excluding hydrogens is 278 g/mol. The summed E-state index contributed by atoms with van der Waals surface area (Å²) in [7, 11) is 3.86. The lowest BCUT2D eigenvalue weighted by Gasteiger charge is -2.15. The Morgan fingerprint density at radius 3 is 2.77 bits per heavy atom. The zero-order chi connectivity index (χ0) is 16.1. The van der Waals surface area contributed by atoms with Gasteiger partial charge in [0.05, 0.1) is 5.69 Å². The van der Waals surface area contributed by atoms with E-state index in [4.69, 9.17) is 0 Å². The molecular formula is C16H25N5O. The number of rotatable bonds is 6. The molecule has 0 spiro atoms. The topological polar surface area (TPSA) is 63.9 Å². The fourth-order valence-electron chi connectivity index (χ4n) is 2.39. The Morgan fingerprint density at radius 2 is 2.18 bits per heavy atom. The lowest BCUT2D eigenvalue weighted by molar-refractivity contribution is 0.248. The zero-order valence-corrected chi connectivity index (χ0v) is 13.8. The van der Waals surface area contributed by atoms with Gasteiger partial charge in [0.1, 0.15) is 5.82 Å². The van der Waals surface area contributed by atoms with Crippen LogP contribution in [0.2, 0.25) is 0 Å². The van der Waals surface area contributed by atoms with Crippen LogP contribution >= 0.6 is 0 Å². The lowest BCUT2D eigenvalue weighted by atomic mass is 10.1. The molecule has 0 aromatic carbocycles. The van der Waals surface area contributed by atoms with Gasteiger partial charge in [-0.1, -0.05) is 6.92 Å². The Morgan fingerprint density at radius 1 is 1.41 bits per heavy atom. The van der Waals surface area contributed by atoms with Gasteiger partial charge in [-0.3, -0.25) is 10.00 Å². The number of aromatic nitrogens is 3. The molecule has 0 radical (unpaired) electrons. The number of aryl methyl sites for hydroxylation is 4. The van der Waals surface area contributed by atoms with Crippen molar-refractivity contribution in [2.45, 2.75) is 39.2 Å². The second-order valence-electron chi connectivity index (χ2n) is 5.65. The third-order valence-electron chi connectivity index (χ3n) is 3.80. The van der Waals surface area contributed by atoms with Crippen LogP contribution in [0.4, 0.5) is 10.6 Å². The van der Waals surface area contributed by atoms with Crippen LogP contribution in [-0.2, 0) is 26.9 Å². The number of amides is 2. The maximum atomic E-state index is 12.0. The molecule has 0 fully saturated rings. The molecule has 6 heteroatoms. The van der Waals surface area contributed by atoms with Crippen LogP contribution in [0.3, 0.4) is 0 Å². The van der Waals surface area contributed by atoms with Gasteiger partial charge in [0, 0.05) is 38.1 Å². The molecule has 0 saturated carbocycles. The van der Waals surface area contributed by atoms with E-state index in [1.807, 2.05) is 46.3 Å². The van der Waals surface area contributed by atoms with Crippen LogP contribution in [0.25, 0.3) is 0 Å². The van der Waals surface area contributed by atoms with Crippen molar-refractivity contribution in [3.63, 3.8) is 0 Å². The summed E-state index contributed by atoms with van der Waals surface area (Å²) in [4.78, 5) is 12.0. The second-order valence-corrected chi connectivity index (χ2v) is 5.65. The third-order valence-corrected chi connectivity index (χ3v) is 3.80. The van der Waals surface area contributed by atoms with Gasteiger partial charge >= 0.3 is 6.03 Å². The number of nitrogens with zero attached hydrogens (tertiary/aromatic N) is 3. The quantitative estimate of drug-likeness (QED) is 0.861. The smallest absolute Gasteiger partial charge is 0.320 e. The molecule has 2 heterocycles. The van der Waals surface area contributed by atoms with Crippen molar-refractivity contribution in [2.75, 3.05) is 5.32 Å². The molecule has 2 aromatic heterocycles. The predicted octanol–water partition coefficient (Wildman–Crippen LogP) is 2.46. The molecule has 0 aliphatic carbocycles. The molecule has 2 N–H and O–H groups in total. The summed E-state index contributed by atoms with van der Waals surface area (Å²) < 4.78 is 3.79. The molecule has 120 valence electrons. The molecule has 0 unspecified atom stereocenters. The fourth-order valence-corrected chi connectivity index (χ4v) is 2.39. The van der Waals surface area contributed by atoms with E-state index < -0.39 is 0 Å². The van der Waals surface area contributed by atoms with E-state index in [2.05, 4.69) is 26.4 Å². The average molecular weight is 303 g/mol. The molecule has 6 nitrogen and oxygen atoms in total. The largest absolute Gasteiger partial charge is 0.354 e. The van der Waals surface area contributed by atoms with Gasteiger partial charge in [0.2, 0.25) is 0 Å². The minimum Gasteiger partial charge on any atom is -0.354 e. The van der Waals surface area contributed by atoms with Crippen LogP contribution in [-0.4, -0.2) is 26.4 Å². The van der Waals surface area contributed by atoms with Gasteiger partial charge in [-0.25, -0.2) is 4.79 Å². The molecule has 2 amide bonds. The van der Waals surface area contributed by atoms with E-state index in [0.717, 1.165) is 25.0 Å². The Kier molecular flexibility index (Phi) is 5.25. The van der Waals surface area contributed by atoms with Crippen molar-refractivity contribution in [2.24, 2.45) is 14.1 Å². The van der Waals surface area contributed by atoms with Crippen molar-refractivity contribution >= 4 is 11.8 Å². The number of carbonyl (C=O) groups is 1. The molecule has 2 rings (SSSR count). The van der Waals surface area contributed by atoms with E-state index in [1.54, 1.807) is 4.68 Å². The summed E-state index contributed by atoms with van der Waals surface area (Å²) in [5, 5.41) is 10.1. The van der Waals surface area contributed by atoms with Gasteiger partial charge in [0.25, 0.3) is 0 Å². The Hall–Kier alpha value is -2.24. The van der Waals surface area contributed by atoms with Crippen LogP contribution in [0.1, 0.15) is 31.7 Å². The zero-order valence-electron chi connectivity index (χ0n) is 13.8. The van der Waals surface area contributed by atoms with E-state index in [-0.39, 0.29) is 12.1 Å². The SMILES string of the molecule is CCc1cc(NC(=O)N[C@@H](C)CCc2cccn2C)n(C)n1. The molecule has 0 aliphatic rings. The van der Waals surface area contributed by atoms with Crippen molar-refractivity contribution in [1.82, 2.24) is 19.7 Å². The molecule has 0 aliphatic heterocycles. The van der Waals surface area contributed by atoms with Gasteiger partial charge < -0.3 is 9.88 Å². The van der Waals surface area contributed by atoms with Crippen molar-refractivity contribution in [3.8, 4) is 0 Å². The summed E-state index contributed by atoms with van der Waals surface area (Å²) in [6, 6.07) is 5.95. The molecule has 0 saturated heterocycles. The first-order valence-electron chi connectivity index (χ1n) is 7.70. The lowest BCUT2D eigenvalue weighted by Crippen LogP contribution is -2.36. The van der Waals surface area contributed by atoms with Gasteiger partial charge in [0.15, 0.2) is 0 Å². The van der Waals surface area contributed by atoms with Crippen LogP contribution in [0.5, 0.6) is 0 Å². The highest BCUT2D eigenvalue weighted by Gasteiger charge is 2.11. The first-order valence-corrected chi connectivity index (χ1v) is 7.70. The minimum absolute atomic E-state index is 0.105. The fraction of sp³-hybridized carbons (Fsp3) is 0.500. The van der Waals surface area contributed by atoms with Crippen LogP contribution < -0.4 is 10.6 Å². The summed E-state index contributed by atoms with van der Waals surface area (Å²) >= 11 is 0. The van der Waals surface area contributed by atoms with Gasteiger partial charge in [-0.05, 0) is 38.3 Å². The Bertz CT molecular complexity index is 628. The minimum atomic E-state index is -0.190. The summed E-state index contributed by atoms with van der Waals surface area (Å²) in [5.74, 6) is 0.712. The van der Waals surface area contributed by atoms with Crippen molar-refractivity contribution in [3.05, 3.63) is 35.8 Å². The Labute approximate surface area is 131 Å². The molecule has 1 atom stereocenters. The third kappa shape index (κ3) is 4.13. The average Bonchev–Trinajstić information content (AvgIpc) is 3.03. The number of hydrogen-bond acceptors (Lipinski definition) is 2. The monoisotopic (exact) mass is 303 g/mol. The standard InChI is InChI=1S/C16H25N5O/c1-5-13-11-15(21(4)19-13)18-16(22)17-12(2)8-9-14-7-6-10-20(14)3/h6-7,10-12H,5,8-9H2,1-4H3,(H2,17,18,22)/t12-/m0/s1. The first kappa shape index (κ1) is 16.1. The first-order chi connectivity index (χ1) is 10.5. The maximum Gasteiger partial charge on any atom is 0.320 e. The van der Waals surface area contributed by atoms with Crippen LogP contribution in [0, 0.1) is 0 Å². The summed E-state index contributed by atoms with van der Waals surface area (Å²) in [5.41, 5.74) is 2.24. The second kappa shape index (κ2) is 7.15. The Balaban J connectivity index is 1.80. The van der Waals surface area contributed by atoms with Crippen molar-refractivity contribution < 1.29 is 4.79 Å². The number of urea groups is 1. The van der Waals surface area contributed by atoms with Crippen LogP contribution in [0.15, 0.2) is 24.4 Å². The van der Waals surface area contributed by atoms with Gasteiger partial charge in [-0.2, -0.15) is 5.10 Å². The maximum absolute atomic E-state index is 12.0. The summed E-state index contributed by atoms with van der Waals surface area (Å²) in [6.07, 6.45) is 4.73. The molecule has 2 aromatic rings. The molecule has 0 bridgehead atoms. The number of carbonyl (C=O) groups excluding carboxylic acids is 1. The number of nitrogens with one attached hydrogen (secondary N) is 2. The summed E-state index contributed by atoms with van der Waals surface area (Å²) in [6.45, 7) is 4.06. The number of anilines is 1. The van der Waals surface area contributed by atoms with E-state index in [9.17, 15) is 4.79 Å². The highest BCUT2D eigenvalue weighted by molar-refractivity contribution is 5.88. The van der Waals surface area contributed by atoms with Crippen molar-refractivity contribution in [1.29, 1.82) is 0 Å². The molecule has 22 heavy (non-hydrogen) atoms. The number of hydrogen-bond donors (Lipinski definition) is 2. The van der Waals surface area contributed by atoms with Gasteiger partial charge in [-0.15, -0.1) is 0 Å². The van der Waals surface area contributed by atoms with E-state index >= 15 is 0 Å².